The lowest BCUT2D eigenvalue weighted by Gasteiger charge is -2.09. The fourth-order valence-corrected chi connectivity index (χ4v) is 3.14. The third kappa shape index (κ3) is 3.53. The second-order valence-corrected chi connectivity index (χ2v) is 6.59. The number of halogens is 1. The summed E-state index contributed by atoms with van der Waals surface area (Å²) in [6, 6.07) is 14.6. The van der Waals surface area contributed by atoms with Crippen molar-refractivity contribution in [3.8, 4) is 5.69 Å². The van der Waals surface area contributed by atoms with Crippen LogP contribution in [0.25, 0.3) is 5.69 Å². The Labute approximate surface area is 156 Å². The first kappa shape index (κ1) is 17.9. The fraction of sp³-hybridized carbons (Fsp3) is 0.150. The Bertz CT molecular complexity index is 1020. The van der Waals surface area contributed by atoms with Crippen LogP contribution in [0.2, 0.25) is 5.02 Å². The van der Waals surface area contributed by atoms with Crippen LogP contribution in [-0.2, 0) is 0 Å². The van der Waals surface area contributed by atoms with Gasteiger partial charge in [-0.15, -0.1) is 0 Å². The van der Waals surface area contributed by atoms with Crippen LogP contribution in [0.4, 0.5) is 11.4 Å². The van der Waals surface area contributed by atoms with Crippen molar-refractivity contribution in [3.05, 3.63) is 86.2 Å². The Kier molecular flexibility index (Phi) is 4.91. The van der Waals surface area contributed by atoms with Gasteiger partial charge in [0.1, 0.15) is 5.69 Å². The molecular weight excluding hydrogens is 350 g/mol. The highest BCUT2D eigenvalue weighted by atomic mass is 35.5. The number of rotatable bonds is 4. The van der Waals surface area contributed by atoms with Crippen LogP contribution >= 0.6 is 11.6 Å². The zero-order chi connectivity index (χ0) is 18.8. The van der Waals surface area contributed by atoms with Gasteiger partial charge in [0.05, 0.1) is 4.92 Å². The van der Waals surface area contributed by atoms with Gasteiger partial charge in [-0.2, -0.15) is 0 Å². The minimum atomic E-state index is -0.408. The van der Waals surface area contributed by atoms with Crippen LogP contribution in [-0.4, -0.2) is 15.7 Å². The van der Waals surface area contributed by atoms with Gasteiger partial charge in [0, 0.05) is 39.9 Å². The predicted octanol–water partition coefficient (Wildman–Crippen LogP) is 5.71. The number of nitro benzene ring substituents is 1. The van der Waals surface area contributed by atoms with Gasteiger partial charge in [-0.3, -0.25) is 10.1 Å². The molecule has 3 aromatic rings. The average molecular weight is 368 g/mol. The molecule has 0 saturated heterocycles. The van der Waals surface area contributed by atoms with E-state index < -0.39 is 4.92 Å². The maximum atomic E-state index is 11.2. The van der Waals surface area contributed by atoms with Gasteiger partial charge in [-0.05, 0) is 56.7 Å². The number of aromatic nitrogens is 1. The molecule has 6 heteroatoms. The molecule has 0 atom stereocenters. The molecular formula is C20H18ClN3O2. The van der Waals surface area contributed by atoms with Crippen molar-refractivity contribution in [2.24, 2.45) is 4.99 Å². The van der Waals surface area contributed by atoms with Crippen molar-refractivity contribution < 1.29 is 4.92 Å². The Morgan fingerprint density at radius 3 is 2.58 bits per heavy atom. The second-order valence-electron chi connectivity index (χ2n) is 6.15. The van der Waals surface area contributed by atoms with Crippen molar-refractivity contribution in [1.82, 2.24) is 4.57 Å². The normalized spacial score (nSPS) is 11.2. The molecule has 0 aliphatic rings. The quantitative estimate of drug-likeness (QED) is 0.336. The highest BCUT2D eigenvalue weighted by Gasteiger charge is 2.14. The number of aliphatic imine (C=N–C) groups is 1. The van der Waals surface area contributed by atoms with E-state index in [9.17, 15) is 10.1 Å². The molecule has 1 aromatic heterocycles. The first-order chi connectivity index (χ1) is 12.4. The maximum absolute atomic E-state index is 11.2. The highest BCUT2D eigenvalue weighted by Crippen LogP contribution is 2.29. The molecule has 0 bridgehead atoms. The van der Waals surface area contributed by atoms with Crippen LogP contribution in [0.15, 0.2) is 53.5 Å². The third-order valence-electron chi connectivity index (χ3n) is 4.21. The van der Waals surface area contributed by atoms with Gasteiger partial charge in [0.25, 0.3) is 5.69 Å². The molecule has 0 amide bonds. The van der Waals surface area contributed by atoms with Crippen LogP contribution in [0, 0.1) is 30.9 Å². The lowest BCUT2D eigenvalue weighted by Crippen LogP contribution is -1.99. The number of nitrogens with zero attached hydrogens (tertiary/aromatic N) is 3. The van der Waals surface area contributed by atoms with E-state index in [-0.39, 0.29) is 5.69 Å². The van der Waals surface area contributed by atoms with Crippen LogP contribution < -0.4 is 0 Å². The molecule has 26 heavy (non-hydrogen) atoms. The minimum Gasteiger partial charge on any atom is -0.318 e. The van der Waals surface area contributed by atoms with Crippen molar-refractivity contribution >= 4 is 29.2 Å². The molecule has 0 aliphatic carbocycles. The number of hydrogen-bond donors (Lipinski definition) is 0. The zero-order valence-electron chi connectivity index (χ0n) is 14.7. The molecule has 0 unspecified atom stereocenters. The van der Waals surface area contributed by atoms with E-state index in [4.69, 9.17) is 11.6 Å². The molecule has 0 spiro atoms. The molecule has 0 aliphatic heterocycles. The van der Waals surface area contributed by atoms with E-state index in [1.54, 1.807) is 12.3 Å². The molecule has 132 valence electrons. The van der Waals surface area contributed by atoms with Gasteiger partial charge in [0.2, 0.25) is 0 Å². The van der Waals surface area contributed by atoms with Gasteiger partial charge < -0.3 is 4.57 Å². The van der Waals surface area contributed by atoms with E-state index >= 15 is 0 Å². The lowest BCUT2D eigenvalue weighted by atomic mass is 10.2. The third-order valence-corrected chi connectivity index (χ3v) is 4.44. The standard InChI is InChI=1S/C20H18ClN3O2/c1-13-7-8-19(20(9-13)24(25)26)22-12-16-10-14(2)23(15(16)3)18-6-4-5-17(21)11-18/h4-12H,1-3H3. The van der Waals surface area contributed by atoms with E-state index in [1.165, 1.54) is 6.07 Å². The van der Waals surface area contributed by atoms with Gasteiger partial charge in [-0.25, -0.2) is 4.99 Å². The minimum absolute atomic E-state index is 0.00454. The summed E-state index contributed by atoms with van der Waals surface area (Å²) in [5.74, 6) is 0. The highest BCUT2D eigenvalue weighted by molar-refractivity contribution is 6.30. The molecule has 3 rings (SSSR count). The summed E-state index contributed by atoms with van der Waals surface area (Å²) >= 11 is 6.10. The Balaban J connectivity index is 2.01. The van der Waals surface area contributed by atoms with Crippen LogP contribution in [0.3, 0.4) is 0 Å². The molecule has 0 saturated carbocycles. The maximum Gasteiger partial charge on any atom is 0.295 e. The molecule has 0 radical (unpaired) electrons. The smallest absolute Gasteiger partial charge is 0.295 e. The van der Waals surface area contributed by atoms with Crippen molar-refractivity contribution in [1.29, 1.82) is 0 Å². The lowest BCUT2D eigenvalue weighted by molar-refractivity contribution is -0.384. The van der Waals surface area contributed by atoms with E-state index in [0.717, 1.165) is 28.2 Å². The Morgan fingerprint density at radius 2 is 1.88 bits per heavy atom. The topological polar surface area (TPSA) is 60.4 Å². The molecule has 1 heterocycles. The molecule has 5 nitrogen and oxygen atoms in total. The van der Waals surface area contributed by atoms with Crippen LogP contribution in [0.1, 0.15) is 22.5 Å². The Morgan fingerprint density at radius 1 is 1.12 bits per heavy atom. The van der Waals surface area contributed by atoms with Crippen molar-refractivity contribution in [2.75, 3.05) is 0 Å². The summed E-state index contributed by atoms with van der Waals surface area (Å²) in [4.78, 5) is 15.2. The molecule has 0 fully saturated rings. The first-order valence-electron chi connectivity index (χ1n) is 8.11. The summed E-state index contributed by atoms with van der Waals surface area (Å²) < 4.78 is 2.08. The summed E-state index contributed by atoms with van der Waals surface area (Å²) in [6.45, 7) is 5.80. The number of benzene rings is 2. The summed E-state index contributed by atoms with van der Waals surface area (Å²) in [6.07, 6.45) is 1.67. The average Bonchev–Trinajstić information content (AvgIpc) is 2.87. The van der Waals surface area contributed by atoms with Crippen molar-refractivity contribution in [2.45, 2.75) is 20.8 Å². The van der Waals surface area contributed by atoms with E-state index in [0.29, 0.717) is 10.7 Å². The zero-order valence-corrected chi connectivity index (χ0v) is 15.5. The van der Waals surface area contributed by atoms with Gasteiger partial charge in [-0.1, -0.05) is 23.7 Å². The fourth-order valence-electron chi connectivity index (χ4n) is 2.96. The Hall–Kier alpha value is -2.92. The summed E-state index contributed by atoms with van der Waals surface area (Å²) in [7, 11) is 0. The molecule has 0 N–H and O–H groups in total. The van der Waals surface area contributed by atoms with E-state index in [1.807, 2.05) is 57.2 Å². The summed E-state index contributed by atoms with van der Waals surface area (Å²) in [5, 5.41) is 11.9. The van der Waals surface area contributed by atoms with Crippen molar-refractivity contribution in [3.63, 3.8) is 0 Å². The largest absolute Gasteiger partial charge is 0.318 e. The number of nitro groups is 1. The van der Waals surface area contributed by atoms with Crippen LogP contribution in [0.5, 0.6) is 0 Å². The molecule has 2 aromatic carbocycles. The van der Waals surface area contributed by atoms with E-state index in [2.05, 4.69) is 9.56 Å². The predicted molar refractivity (Wildman–Crippen MR) is 105 cm³/mol. The summed E-state index contributed by atoms with van der Waals surface area (Å²) in [5.41, 5.74) is 5.06. The van der Waals surface area contributed by atoms with Gasteiger partial charge in [0.15, 0.2) is 0 Å². The first-order valence-corrected chi connectivity index (χ1v) is 8.48. The second kappa shape index (κ2) is 7.14. The number of aryl methyl sites for hydroxylation is 2. The number of hydrogen-bond acceptors (Lipinski definition) is 3. The SMILES string of the molecule is Cc1ccc(N=Cc2cc(C)n(-c3cccc(Cl)c3)c2C)c([N+](=O)[O-])c1. The monoisotopic (exact) mass is 367 g/mol. The van der Waals surface area contributed by atoms with Gasteiger partial charge >= 0.3 is 0 Å².